The SMILES string of the molecule is O=C(CCc1ccc(Cl)cc1Cl)NCc1cccc(OC(F)F)c1. The van der Waals surface area contributed by atoms with Crippen molar-refractivity contribution in [3.8, 4) is 5.75 Å². The van der Waals surface area contributed by atoms with E-state index >= 15 is 0 Å². The van der Waals surface area contributed by atoms with Gasteiger partial charge in [-0.05, 0) is 41.8 Å². The van der Waals surface area contributed by atoms with E-state index in [1.807, 2.05) is 0 Å². The van der Waals surface area contributed by atoms with E-state index in [1.54, 1.807) is 30.3 Å². The Morgan fingerprint density at radius 1 is 1.17 bits per heavy atom. The highest BCUT2D eigenvalue weighted by atomic mass is 35.5. The normalized spacial score (nSPS) is 10.7. The molecule has 24 heavy (non-hydrogen) atoms. The summed E-state index contributed by atoms with van der Waals surface area (Å²) < 4.78 is 28.7. The predicted molar refractivity (Wildman–Crippen MR) is 89.7 cm³/mol. The predicted octanol–water partition coefficient (Wildman–Crippen LogP) is 4.84. The van der Waals surface area contributed by atoms with Crippen LogP contribution in [0.15, 0.2) is 42.5 Å². The number of ether oxygens (including phenoxy) is 1. The smallest absolute Gasteiger partial charge is 0.387 e. The number of carbonyl (C=O) groups excluding carboxylic acids is 1. The van der Waals surface area contributed by atoms with E-state index in [0.29, 0.717) is 22.0 Å². The fourth-order valence-electron chi connectivity index (χ4n) is 2.09. The Kier molecular flexibility index (Phi) is 6.82. The maximum atomic E-state index is 12.2. The van der Waals surface area contributed by atoms with E-state index in [0.717, 1.165) is 5.56 Å². The van der Waals surface area contributed by atoms with Crippen LogP contribution in [0.1, 0.15) is 17.5 Å². The summed E-state index contributed by atoms with van der Waals surface area (Å²) in [5.74, 6) is -0.106. The Labute approximate surface area is 148 Å². The van der Waals surface area contributed by atoms with Gasteiger partial charge in [-0.25, -0.2) is 0 Å². The quantitative estimate of drug-likeness (QED) is 0.753. The molecule has 3 nitrogen and oxygen atoms in total. The minimum Gasteiger partial charge on any atom is -0.435 e. The molecule has 0 aromatic heterocycles. The molecule has 2 aromatic rings. The molecule has 0 radical (unpaired) electrons. The largest absolute Gasteiger partial charge is 0.435 e. The Hall–Kier alpha value is -1.85. The molecule has 0 aliphatic carbocycles. The summed E-state index contributed by atoms with van der Waals surface area (Å²) in [5, 5.41) is 3.79. The molecular formula is C17H15Cl2F2NO2. The minimum absolute atomic E-state index is 0.0599. The molecule has 0 unspecified atom stereocenters. The number of amides is 1. The third-order valence-electron chi connectivity index (χ3n) is 3.25. The molecule has 2 aromatic carbocycles. The fraction of sp³-hybridized carbons (Fsp3) is 0.235. The van der Waals surface area contributed by atoms with Crippen LogP contribution in [0.2, 0.25) is 10.0 Å². The molecule has 2 rings (SSSR count). The highest BCUT2D eigenvalue weighted by Gasteiger charge is 2.07. The molecule has 0 aliphatic heterocycles. The molecule has 1 amide bonds. The maximum absolute atomic E-state index is 12.2. The van der Waals surface area contributed by atoms with Crippen LogP contribution in [0.3, 0.4) is 0 Å². The third-order valence-corrected chi connectivity index (χ3v) is 3.84. The highest BCUT2D eigenvalue weighted by Crippen LogP contribution is 2.22. The first kappa shape index (κ1) is 18.5. The topological polar surface area (TPSA) is 38.3 Å². The van der Waals surface area contributed by atoms with Crippen molar-refractivity contribution in [1.29, 1.82) is 0 Å². The van der Waals surface area contributed by atoms with Crippen molar-refractivity contribution < 1.29 is 18.3 Å². The zero-order chi connectivity index (χ0) is 17.5. The summed E-state index contributed by atoms with van der Waals surface area (Å²) in [4.78, 5) is 11.9. The first-order valence-electron chi connectivity index (χ1n) is 7.18. The number of rotatable bonds is 7. The van der Waals surface area contributed by atoms with Gasteiger partial charge >= 0.3 is 6.61 Å². The second kappa shape index (κ2) is 8.85. The zero-order valence-electron chi connectivity index (χ0n) is 12.6. The molecule has 0 fully saturated rings. The van der Waals surface area contributed by atoms with E-state index in [-0.39, 0.29) is 24.6 Å². The van der Waals surface area contributed by atoms with Gasteiger partial charge in [0.15, 0.2) is 0 Å². The van der Waals surface area contributed by atoms with Gasteiger partial charge in [0, 0.05) is 23.0 Å². The highest BCUT2D eigenvalue weighted by molar-refractivity contribution is 6.35. The van der Waals surface area contributed by atoms with Crippen LogP contribution in [0.25, 0.3) is 0 Å². The summed E-state index contributed by atoms with van der Waals surface area (Å²) >= 11 is 11.9. The molecule has 0 bridgehead atoms. The molecule has 0 atom stereocenters. The summed E-state index contributed by atoms with van der Waals surface area (Å²) in [6, 6.07) is 11.3. The van der Waals surface area contributed by atoms with E-state index in [2.05, 4.69) is 10.1 Å². The number of carbonyl (C=O) groups is 1. The van der Waals surface area contributed by atoms with Crippen LogP contribution in [-0.4, -0.2) is 12.5 Å². The molecular weight excluding hydrogens is 359 g/mol. The second-order valence-electron chi connectivity index (χ2n) is 5.04. The fourth-order valence-corrected chi connectivity index (χ4v) is 2.60. The molecule has 0 aliphatic rings. The van der Waals surface area contributed by atoms with Gasteiger partial charge in [-0.2, -0.15) is 8.78 Å². The van der Waals surface area contributed by atoms with Crippen molar-refractivity contribution >= 4 is 29.1 Å². The van der Waals surface area contributed by atoms with Gasteiger partial charge in [0.05, 0.1) is 0 Å². The Morgan fingerprint density at radius 2 is 1.96 bits per heavy atom. The Morgan fingerprint density at radius 3 is 2.67 bits per heavy atom. The van der Waals surface area contributed by atoms with Crippen LogP contribution >= 0.6 is 23.2 Å². The number of alkyl halides is 2. The number of nitrogens with one attached hydrogen (secondary N) is 1. The number of hydrogen-bond donors (Lipinski definition) is 1. The average molecular weight is 374 g/mol. The summed E-state index contributed by atoms with van der Waals surface area (Å²) in [5.41, 5.74) is 1.51. The van der Waals surface area contributed by atoms with Crippen LogP contribution < -0.4 is 10.1 Å². The lowest BCUT2D eigenvalue weighted by molar-refractivity contribution is -0.121. The Balaban J connectivity index is 1.82. The van der Waals surface area contributed by atoms with Crippen LogP contribution in [0.4, 0.5) is 8.78 Å². The lowest BCUT2D eigenvalue weighted by Crippen LogP contribution is -2.23. The lowest BCUT2D eigenvalue weighted by Gasteiger charge is -2.09. The standard InChI is InChI=1S/C17H15Cl2F2NO2/c18-13-6-4-12(15(19)9-13)5-7-16(23)22-10-11-2-1-3-14(8-11)24-17(20)21/h1-4,6,8-9,17H,5,7,10H2,(H,22,23). The van der Waals surface area contributed by atoms with Gasteiger partial charge in [0.25, 0.3) is 0 Å². The van der Waals surface area contributed by atoms with Crippen molar-refractivity contribution in [2.75, 3.05) is 0 Å². The van der Waals surface area contributed by atoms with E-state index in [4.69, 9.17) is 23.2 Å². The summed E-state index contributed by atoms with van der Waals surface area (Å²) in [6.45, 7) is -2.65. The van der Waals surface area contributed by atoms with Gasteiger partial charge < -0.3 is 10.1 Å². The van der Waals surface area contributed by atoms with Crippen LogP contribution in [0.5, 0.6) is 5.75 Å². The number of benzene rings is 2. The van der Waals surface area contributed by atoms with Gasteiger partial charge in [0.2, 0.25) is 5.91 Å². The second-order valence-corrected chi connectivity index (χ2v) is 5.88. The first-order chi connectivity index (χ1) is 11.4. The van der Waals surface area contributed by atoms with E-state index in [9.17, 15) is 13.6 Å². The minimum atomic E-state index is -2.88. The molecule has 1 N–H and O–H groups in total. The molecule has 0 spiro atoms. The van der Waals surface area contributed by atoms with Crippen molar-refractivity contribution in [3.05, 3.63) is 63.6 Å². The molecule has 7 heteroatoms. The van der Waals surface area contributed by atoms with Crippen LogP contribution in [-0.2, 0) is 17.8 Å². The van der Waals surface area contributed by atoms with Gasteiger partial charge in [-0.3, -0.25) is 4.79 Å². The first-order valence-corrected chi connectivity index (χ1v) is 7.94. The zero-order valence-corrected chi connectivity index (χ0v) is 14.1. The van der Waals surface area contributed by atoms with Crippen molar-refractivity contribution in [2.45, 2.75) is 26.0 Å². The molecule has 128 valence electrons. The van der Waals surface area contributed by atoms with Gasteiger partial charge in [-0.15, -0.1) is 0 Å². The van der Waals surface area contributed by atoms with Crippen molar-refractivity contribution in [3.63, 3.8) is 0 Å². The summed E-state index contributed by atoms with van der Waals surface area (Å²) in [6.07, 6.45) is 0.741. The lowest BCUT2D eigenvalue weighted by atomic mass is 10.1. The molecule has 0 heterocycles. The average Bonchev–Trinajstić information content (AvgIpc) is 2.52. The van der Waals surface area contributed by atoms with E-state index < -0.39 is 6.61 Å². The van der Waals surface area contributed by atoms with Gasteiger partial charge in [-0.1, -0.05) is 41.4 Å². The van der Waals surface area contributed by atoms with E-state index in [1.165, 1.54) is 12.1 Å². The maximum Gasteiger partial charge on any atom is 0.387 e. The van der Waals surface area contributed by atoms with Crippen molar-refractivity contribution in [1.82, 2.24) is 5.32 Å². The molecule has 0 saturated heterocycles. The monoisotopic (exact) mass is 373 g/mol. The third kappa shape index (κ3) is 5.98. The number of aryl methyl sites for hydroxylation is 1. The Bertz CT molecular complexity index is 711. The van der Waals surface area contributed by atoms with Gasteiger partial charge in [0.1, 0.15) is 5.75 Å². The molecule has 0 saturated carbocycles. The number of halogens is 4. The number of hydrogen-bond acceptors (Lipinski definition) is 2. The van der Waals surface area contributed by atoms with Crippen molar-refractivity contribution in [2.24, 2.45) is 0 Å². The van der Waals surface area contributed by atoms with Crippen LogP contribution in [0, 0.1) is 0 Å². The summed E-state index contributed by atoms with van der Waals surface area (Å²) in [7, 11) is 0.